The van der Waals surface area contributed by atoms with E-state index < -0.39 is 72.1 Å². The Hall–Kier alpha value is -4.91. The number of phenols is 2. The van der Waals surface area contributed by atoms with Gasteiger partial charge in [-0.15, -0.1) is 0 Å². The number of benzene rings is 2. The number of guanidine groups is 1. The maximum absolute atomic E-state index is 12.8. The number of hydrogen-bond acceptors (Lipinski definition) is 15. The number of nitrogens with one attached hydrogen (secondary N) is 2. The maximum atomic E-state index is 12.8. The first-order chi connectivity index (χ1) is 21.4. The van der Waals surface area contributed by atoms with Gasteiger partial charge in [0.2, 0.25) is 17.8 Å². The van der Waals surface area contributed by atoms with Crippen LogP contribution in [0.25, 0.3) is 0 Å². The van der Waals surface area contributed by atoms with E-state index in [0.717, 1.165) is 19.2 Å². The van der Waals surface area contributed by atoms with Crippen molar-refractivity contribution in [1.82, 2.24) is 5.32 Å². The van der Waals surface area contributed by atoms with Crippen molar-refractivity contribution < 1.29 is 68.6 Å². The highest BCUT2D eigenvalue weighted by Gasteiger charge is 2.46. The van der Waals surface area contributed by atoms with Gasteiger partial charge in [-0.05, 0) is 6.92 Å². The van der Waals surface area contributed by atoms with E-state index in [1.54, 1.807) is 6.92 Å². The topological polar surface area (TPSA) is 273 Å². The number of hydrogen-bond donors (Lipinski definition) is 9. The fourth-order valence-corrected chi connectivity index (χ4v) is 4.18. The molecule has 0 unspecified atom stereocenters. The normalized spacial score (nSPS) is 21.4. The summed E-state index contributed by atoms with van der Waals surface area (Å²) in [7, 11) is 3.78. The van der Waals surface area contributed by atoms with E-state index >= 15 is 0 Å². The molecule has 18 nitrogen and oxygen atoms in total. The highest BCUT2D eigenvalue weighted by atomic mass is 16.7. The second-order valence-electron chi connectivity index (χ2n) is 9.34. The molecule has 10 N–H and O–H groups in total. The summed E-state index contributed by atoms with van der Waals surface area (Å²) < 4.78 is 32.1. The SMILES string of the molecule is CCNc1cc(O[C@H]2O[C@H](COC(=O)c3cc(OC)c(O)c(OC)c3O)[C@@H](O)[C@H](O)[C@H]2O)c(OCNC(N)=NC)cc1C(=O)O. The Morgan fingerprint density at radius 1 is 0.978 bits per heavy atom. The van der Waals surface area contributed by atoms with Gasteiger partial charge in [0.1, 0.15) is 36.6 Å². The van der Waals surface area contributed by atoms with E-state index in [1.807, 2.05) is 0 Å². The monoisotopic (exact) mass is 640 g/mol. The molecule has 0 aliphatic carbocycles. The van der Waals surface area contributed by atoms with Crippen molar-refractivity contribution in [3.8, 4) is 34.5 Å². The molecule has 1 saturated heterocycles. The van der Waals surface area contributed by atoms with Gasteiger partial charge in [-0.1, -0.05) is 0 Å². The van der Waals surface area contributed by atoms with Crippen molar-refractivity contribution in [3.05, 3.63) is 29.3 Å². The van der Waals surface area contributed by atoms with Crippen LogP contribution in [0.1, 0.15) is 27.6 Å². The van der Waals surface area contributed by atoms with Crippen LogP contribution in [0.15, 0.2) is 23.2 Å². The molecule has 0 bridgehead atoms. The van der Waals surface area contributed by atoms with Crippen LogP contribution in [0.2, 0.25) is 0 Å². The standard InChI is InChI=1S/C27H36N4O14/c1-5-30-13-8-15(14(6-11(13)24(37)38)43-10-31-27(28)29-2)44-26-22(36)21(35)19(33)17(45-26)9-42-25(39)12-7-16(40-3)20(34)23(41-4)18(12)32/h6-8,17,19,21-22,26,30,32-36H,5,9-10H2,1-4H3,(H,37,38)(H3,28,29,31)/t17-,19-,21+,22-,26+/m1/s1. The molecule has 5 atom stereocenters. The summed E-state index contributed by atoms with van der Waals surface area (Å²) in [5.41, 5.74) is 5.10. The molecule has 0 saturated carbocycles. The summed E-state index contributed by atoms with van der Waals surface area (Å²) in [5, 5.41) is 67.5. The van der Waals surface area contributed by atoms with Gasteiger partial charge in [0.15, 0.2) is 35.7 Å². The van der Waals surface area contributed by atoms with Crippen LogP contribution in [0, 0.1) is 0 Å². The molecule has 1 aliphatic rings. The molecule has 2 aromatic rings. The number of esters is 1. The molecule has 0 radical (unpaired) electrons. The quantitative estimate of drug-likeness (QED) is 0.0558. The van der Waals surface area contributed by atoms with Crippen LogP contribution in [0.5, 0.6) is 34.5 Å². The number of anilines is 1. The molecule has 0 amide bonds. The van der Waals surface area contributed by atoms with Crippen LogP contribution in [0.4, 0.5) is 5.69 Å². The summed E-state index contributed by atoms with van der Waals surface area (Å²) in [4.78, 5) is 28.4. The number of aromatic hydroxyl groups is 2. The van der Waals surface area contributed by atoms with E-state index in [-0.39, 0.29) is 41.2 Å². The van der Waals surface area contributed by atoms with Crippen LogP contribution < -0.4 is 35.3 Å². The van der Waals surface area contributed by atoms with E-state index in [1.165, 1.54) is 20.2 Å². The number of aliphatic hydroxyl groups excluding tert-OH is 3. The second-order valence-corrected chi connectivity index (χ2v) is 9.34. The van der Waals surface area contributed by atoms with Crippen LogP contribution >= 0.6 is 0 Å². The zero-order valence-corrected chi connectivity index (χ0v) is 24.7. The van der Waals surface area contributed by atoms with Gasteiger partial charge in [0.25, 0.3) is 0 Å². The minimum absolute atomic E-state index is 0.0261. The van der Waals surface area contributed by atoms with E-state index in [9.17, 15) is 40.2 Å². The van der Waals surface area contributed by atoms with Gasteiger partial charge >= 0.3 is 11.9 Å². The Balaban J connectivity index is 1.86. The molecule has 18 heteroatoms. The molecule has 3 rings (SSSR count). The zero-order valence-electron chi connectivity index (χ0n) is 24.7. The van der Waals surface area contributed by atoms with E-state index in [2.05, 4.69) is 15.6 Å². The Morgan fingerprint density at radius 2 is 1.67 bits per heavy atom. The average Bonchev–Trinajstić information content (AvgIpc) is 3.01. The number of methoxy groups -OCH3 is 2. The largest absolute Gasteiger partial charge is 0.504 e. The molecule has 248 valence electrons. The Bertz CT molecular complexity index is 1400. The third-order valence-corrected chi connectivity index (χ3v) is 6.53. The fourth-order valence-electron chi connectivity index (χ4n) is 4.18. The summed E-state index contributed by atoms with van der Waals surface area (Å²) in [6.45, 7) is 1.08. The van der Waals surface area contributed by atoms with Crippen molar-refractivity contribution in [1.29, 1.82) is 0 Å². The molecule has 2 aromatic carbocycles. The minimum atomic E-state index is -1.85. The van der Waals surface area contributed by atoms with Gasteiger partial charge in [0.05, 0.1) is 25.5 Å². The number of carbonyl (C=O) groups is 2. The number of nitrogens with zero attached hydrogens (tertiary/aromatic N) is 1. The summed E-state index contributed by atoms with van der Waals surface area (Å²) in [6.07, 6.45) is -8.63. The first kappa shape index (κ1) is 34.6. The fraction of sp³-hybridized carbons (Fsp3) is 0.444. The molecular formula is C27H36N4O14. The smallest absolute Gasteiger partial charge is 0.342 e. The number of carbonyl (C=O) groups excluding carboxylic acids is 1. The first-order valence-corrected chi connectivity index (χ1v) is 13.3. The van der Waals surface area contributed by atoms with Crippen LogP contribution in [-0.2, 0) is 9.47 Å². The van der Waals surface area contributed by atoms with Crippen molar-refractivity contribution in [2.24, 2.45) is 10.7 Å². The number of aliphatic imine (C=N–C) groups is 1. The molecule has 0 spiro atoms. The van der Waals surface area contributed by atoms with Gasteiger partial charge in [0, 0.05) is 31.8 Å². The number of nitrogens with two attached hydrogens (primary N) is 1. The summed E-state index contributed by atoms with van der Waals surface area (Å²) in [6, 6.07) is 3.43. The first-order valence-electron chi connectivity index (χ1n) is 13.3. The average molecular weight is 641 g/mol. The number of carboxylic acids is 1. The van der Waals surface area contributed by atoms with Crippen molar-refractivity contribution in [2.45, 2.75) is 37.6 Å². The van der Waals surface area contributed by atoms with Gasteiger partial charge in [-0.3, -0.25) is 4.99 Å². The number of aromatic carboxylic acids is 1. The van der Waals surface area contributed by atoms with Gasteiger partial charge in [-0.25, -0.2) is 9.59 Å². The lowest BCUT2D eigenvalue weighted by Gasteiger charge is -2.40. The van der Waals surface area contributed by atoms with Crippen LogP contribution in [-0.4, -0.2) is 120 Å². The Labute approximate surface area is 256 Å². The Morgan fingerprint density at radius 3 is 2.27 bits per heavy atom. The third-order valence-electron chi connectivity index (χ3n) is 6.53. The predicted molar refractivity (Wildman–Crippen MR) is 154 cm³/mol. The van der Waals surface area contributed by atoms with Gasteiger partial charge in [-0.2, -0.15) is 0 Å². The Kier molecular flexibility index (Phi) is 11.7. The summed E-state index contributed by atoms with van der Waals surface area (Å²) in [5.74, 6) is -4.64. The number of aliphatic hydroxyl groups is 3. The van der Waals surface area contributed by atoms with E-state index in [0.29, 0.717) is 6.54 Å². The molecule has 0 aromatic heterocycles. The number of phenolic OH excluding ortho intramolecular Hbond substituents is 2. The predicted octanol–water partition coefficient (Wildman–Crippen LogP) is -0.841. The summed E-state index contributed by atoms with van der Waals surface area (Å²) >= 11 is 0. The number of rotatable bonds is 13. The lowest BCUT2D eigenvalue weighted by atomic mass is 9.99. The van der Waals surface area contributed by atoms with Crippen molar-refractivity contribution in [2.75, 3.05) is 46.5 Å². The third kappa shape index (κ3) is 7.79. The second kappa shape index (κ2) is 15.2. The van der Waals surface area contributed by atoms with Crippen LogP contribution in [0.3, 0.4) is 0 Å². The van der Waals surface area contributed by atoms with Crippen molar-refractivity contribution >= 4 is 23.6 Å². The zero-order chi connectivity index (χ0) is 33.4. The maximum Gasteiger partial charge on any atom is 0.342 e. The van der Waals surface area contributed by atoms with Gasteiger partial charge < -0.3 is 75.4 Å². The molecule has 45 heavy (non-hydrogen) atoms. The minimum Gasteiger partial charge on any atom is -0.504 e. The molecule has 1 heterocycles. The van der Waals surface area contributed by atoms with E-state index in [4.69, 9.17) is 34.2 Å². The number of ether oxygens (including phenoxy) is 6. The molecule has 1 fully saturated rings. The lowest BCUT2D eigenvalue weighted by Crippen LogP contribution is -2.60. The molecular weight excluding hydrogens is 604 g/mol. The highest BCUT2D eigenvalue weighted by molar-refractivity contribution is 5.96. The number of carboxylic acid groups (broad SMARTS) is 1. The molecule has 1 aliphatic heterocycles. The lowest BCUT2D eigenvalue weighted by molar-refractivity contribution is -0.277. The highest BCUT2D eigenvalue weighted by Crippen LogP contribution is 2.45. The van der Waals surface area contributed by atoms with Crippen molar-refractivity contribution in [3.63, 3.8) is 0 Å².